The van der Waals surface area contributed by atoms with Gasteiger partial charge in [0.25, 0.3) is 0 Å². The van der Waals surface area contributed by atoms with Crippen LogP contribution >= 0.6 is 0 Å². The van der Waals surface area contributed by atoms with E-state index in [1.54, 1.807) is 7.11 Å². The van der Waals surface area contributed by atoms with Crippen LogP contribution < -0.4 is 0 Å². The second kappa shape index (κ2) is 5.54. The van der Waals surface area contributed by atoms with E-state index in [1.165, 1.54) is 0 Å². The van der Waals surface area contributed by atoms with Crippen LogP contribution in [0.2, 0.25) is 0 Å². The molecule has 0 N–H and O–H groups in total. The molecular weight excluding hydrogens is 168 g/mol. The van der Waals surface area contributed by atoms with Crippen molar-refractivity contribution < 1.29 is 13.9 Å². The maximum Gasteiger partial charge on any atom is 0.129 e. The van der Waals surface area contributed by atoms with E-state index in [2.05, 4.69) is 0 Å². The number of carbonyl (C=O) groups is 1. The highest BCUT2D eigenvalue weighted by Crippen LogP contribution is 2.11. The predicted octanol–water partition coefficient (Wildman–Crippen LogP) is 1.95. The molecule has 0 bridgehead atoms. The van der Waals surface area contributed by atoms with Crippen molar-refractivity contribution in [3.8, 4) is 0 Å². The third-order valence-electron chi connectivity index (χ3n) is 1.75. The summed E-state index contributed by atoms with van der Waals surface area (Å²) in [7, 11) is 1.63. The topological polar surface area (TPSA) is 39.4 Å². The fraction of sp³-hybridized carbons (Fsp3) is 0.500. The van der Waals surface area contributed by atoms with Crippen molar-refractivity contribution in [2.24, 2.45) is 0 Å². The highest BCUT2D eigenvalue weighted by Gasteiger charge is 2.00. The summed E-state index contributed by atoms with van der Waals surface area (Å²) >= 11 is 0. The van der Waals surface area contributed by atoms with Gasteiger partial charge in [0, 0.05) is 20.0 Å². The minimum absolute atomic E-state index is 0.508. The van der Waals surface area contributed by atoms with E-state index in [-0.39, 0.29) is 0 Å². The summed E-state index contributed by atoms with van der Waals surface area (Å²) in [5.41, 5.74) is 0. The van der Waals surface area contributed by atoms with Gasteiger partial charge >= 0.3 is 0 Å². The molecule has 0 fully saturated rings. The number of carbonyl (C=O) groups excluding carboxylic acids is 1. The minimum atomic E-state index is 0.508. The molecule has 0 saturated heterocycles. The molecule has 0 aliphatic carbocycles. The summed E-state index contributed by atoms with van der Waals surface area (Å²) in [6.45, 7) is 0.508. The zero-order valence-electron chi connectivity index (χ0n) is 7.79. The lowest BCUT2D eigenvalue weighted by Crippen LogP contribution is -1.84. The first-order valence-electron chi connectivity index (χ1n) is 4.37. The molecule has 0 spiro atoms. The van der Waals surface area contributed by atoms with Crippen LogP contribution in [0.15, 0.2) is 16.5 Å². The molecule has 0 aromatic carbocycles. The molecule has 3 nitrogen and oxygen atoms in total. The largest absolute Gasteiger partial charge is 0.464 e. The Hall–Kier alpha value is -1.09. The van der Waals surface area contributed by atoms with Gasteiger partial charge in [-0.2, -0.15) is 0 Å². The second-order valence-electron chi connectivity index (χ2n) is 2.86. The van der Waals surface area contributed by atoms with Crippen molar-refractivity contribution in [2.75, 3.05) is 7.11 Å². The van der Waals surface area contributed by atoms with Gasteiger partial charge in [0.2, 0.25) is 0 Å². The number of ether oxygens (including phenoxy) is 1. The van der Waals surface area contributed by atoms with Crippen LogP contribution in [0.4, 0.5) is 0 Å². The lowest BCUT2D eigenvalue weighted by molar-refractivity contribution is -0.107. The average Bonchev–Trinajstić information content (AvgIpc) is 2.54. The Kier molecular flexibility index (Phi) is 4.26. The van der Waals surface area contributed by atoms with Crippen LogP contribution in [-0.4, -0.2) is 13.4 Å². The van der Waals surface area contributed by atoms with Crippen LogP contribution in [0.25, 0.3) is 0 Å². The van der Waals surface area contributed by atoms with Gasteiger partial charge in [0.05, 0.1) is 0 Å². The Morgan fingerprint density at radius 2 is 2.23 bits per heavy atom. The zero-order chi connectivity index (χ0) is 9.52. The van der Waals surface area contributed by atoms with Crippen molar-refractivity contribution in [1.29, 1.82) is 0 Å². The first kappa shape index (κ1) is 9.99. The highest BCUT2D eigenvalue weighted by atomic mass is 16.5. The quantitative estimate of drug-likeness (QED) is 0.498. The van der Waals surface area contributed by atoms with E-state index in [0.29, 0.717) is 13.0 Å². The van der Waals surface area contributed by atoms with Gasteiger partial charge in [-0.15, -0.1) is 0 Å². The van der Waals surface area contributed by atoms with Crippen molar-refractivity contribution in [3.63, 3.8) is 0 Å². The fourth-order valence-corrected chi connectivity index (χ4v) is 1.14. The molecule has 1 aromatic rings. The summed E-state index contributed by atoms with van der Waals surface area (Å²) in [5, 5.41) is 0. The fourth-order valence-electron chi connectivity index (χ4n) is 1.14. The Balaban J connectivity index is 2.35. The number of rotatable bonds is 6. The van der Waals surface area contributed by atoms with Crippen LogP contribution in [0.1, 0.15) is 24.4 Å². The van der Waals surface area contributed by atoms with Gasteiger partial charge in [-0.1, -0.05) is 0 Å². The minimum Gasteiger partial charge on any atom is -0.464 e. The Labute approximate surface area is 77.7 Å². The van der Waals surface area contributed by atoms with Gasteiger partial charge in [-0.05, 0) is 18.6 Å². The molecule has 0 atom stereocenters. The lowest BCUT2D eigenvalue weighted by Gasteiger charge is -1.94. The maximum absolute atomic E-state index is 10.1. The first-order valence-corrected chi connectivity index (χ1v) is 4.37. The summed E-state index contributed by atoms with van der Waals surface area (Å²) in [5.74, 6) is 1.76. The van der Waals surface area contributed by atoms with E-state index in [0.717, 1.165) is 30.6 Å². The SMILES string of the molecule is COCc1ccc(CCCC=O)o1. The number of aldehydes is 1. The van der Waals surface area contributed by atoms with Gasteiger partial charge in [-0.25, -0.2) is 0 Å². The van der Waals surface area contributed by atoms with Crippen molar-refractivity contribution >= 4 is 6.29 Å². The van der Waals surface area contributed by atoms with Gasteiger partial charge in [0.15, 0.2) is 0 Å². The molecule has 0 aliphatic rings. The predicted molar refractivity (Wildman–Crippen MR) is 48.4 cm³/mol. The van der Waals surface area contributed by atoms with Crippen LogP contribution in [0.3, 0.4) is 0 Å². The molecule has 1 heterocycles. The Morgan fingerprint density at radius 1 is 1.46 bits per heavy atom. The smallest absolute Gasteiger partial charge is 0.129 e. The molecule has 72 valence electrons. The van der Waals surface area contributed by atoms with Gasteiger partial charge < -0.3 is 13.9 Å². The highest BCUT2D eigenvalue weighted by molar-refractivity contribution is 5.49. The van der Waals surface area contributed by atoms with Crippen LogP contribution in [0.5, 0.6) is 0 Å². The summed E-state index contributed by atoms with van der Waals surface area (Å²) in [6, 6.07) is 3.83. The molecule has 13 heavy (non-hydrogen) atoms. The Morgan fingerprint density at radius 3 is 2.92 bits per heavy atom. The molecule has 0 unspecified atom stereocenters. The summed E-state index contributed by atoms with van der Waals surface area (Å²) in [4.78, 5) is 10.1. The number of hydrogen-bond acceptors (Lipinski definition) is 3. The molecule has 0 radical (unpaired) electrons. The maximum atomic E-state index is 10.1. The van der Waals surface area contributed by atoms with Crippen LogP contribution in [0, 0.1) is 0 Å². The number of furan rings is 1. The van der Waals surface area contributed by atoms with Crippen molar-refractivity contribution in [2.45, 2.75) is 25.9 Å². The second-order valence-corrected chi connectivity index (χ2v) is 2.86. The van der Waals surface area contributed by atoms with Gasteiger partial charge in [-0.3, -0.25) is 0 Å². The third kappa shape index (κ3) is 3.42. The van der Waals surface area contributed by atoms with E-state index >= 15 is 0 Å². The first-order chi connectivity index (χ1) is 6.36. The van der Waals surface area contributed by atoms with Gasteiger partial charge in [0.1, 0.15) is 24.4 Å². The van der Waals surface area contributed by atoms with E-state index in [4.69, 9.17) is 9.15 Å². The molecule has 1 rings (SSSR count). The summed E-state index contributed by atoms with van der Waals surface area (Å²) < 4.78 is 10.3. The van der Waals surface area contributed by atoms with Crippen molar-refractivity contribution in [3.05, 3.63) is 23.7 Å². The molecule has 0 aliphatic heterocycles. The lowest BCUT2D eigenvalue weighted by atomic mass is 10.2. The number of aryl methyl sites for hydroxylation is 1. The normalized spacial score (nSPS) is 10.2. The molecule has 1 aromatic heterocycles. The average molecular weight is 182 g/mol. The number of hydrogen-bond donors (Lipinski definition) is 0. The molecule has 0 saturated carbocycles. The Bertz CT molecular complexity index is 252. The molecular formula is C10H14O3. The standard InChI is InChI=1S/C10H14O3/c1-12-8-10-6-5-9(13-10)4-2-3-7-11/h5-7H,2-4,8H2,1H3. The molecule has 3 heteroatoms. The zero-order valence-corrected chi connectivity index (χ0v) is 7.79. The number of unbranched alkanes of at least 4 members (excludes halogenated alkanes) is 1. The monoisotopic (exact) mass is 182 g/mol. The summed E-state index contributed by atoms with van der Waals surface area (Å²) in [6.07, 6.45) is 3.20. The van der Waals surface area contributed by atoms with Crippen molar-refractivity contribution in [1.82, 2.24) is 0 Å². The van der Waals surface area contributed by atoms with E-state index in [9.17, 15) is 4.79 Å². The van der Waals surface area contributed by atoms with E-state index in [1.807, 2.05) is 12.1 Å². The van der Waals surface area contributed by atoms with Crippen LogP contribution in [-0.2, 0) is 22.6 Å². The number of methoxy groups -OCH3 is 1. The third-order valence-corrected chi connectivity index (χ3v) is 1.75. The molecule has 0 amide bonds. The van der Waals surface area contributed by atoms with E-state index < -0.39 is 0 Å².